The second-order valence-electron chi connectivity index (χ2n) is 2.18. The lowest BCUT2D eigenvalue weighted by Gasteiger charge is -2.24. The molecule has 0 unspecified atom stereocenters. The van der Waals surface area contributed by atoms with Crippen molar-refractivity contribution < 1.29 is 0 Å². The Labute approximate surface area is 64.0 Å². The van der Waals surface area contributed by atoms with Gasteiger partial charge in [0.05, 0.1) is 0 Å². The van der Waals surface area contributed by atoms with E-state index in [1.54, 1.807) is 0 Å². The standard InChI is InChI=1S/C5H12S3/c6-5-1-3-8(7)4-2-5/h5-8H,1-4H2. The second kappa shape index (κ2) is 3.28. The second-order valence-corrected chi connectivity index (χ2v) is 6.52. The molecule has 1 aliphatic heterocycles. The molecule has 1 rings (SSSR count). The van der Waals surface area contributed by atoms with Gasteiger partial charge < -0.3 is 0 Å². The summed E-state index contributed by atoms with van der Waals surface area (Å²) in [6.07, 6.45) is 2.58. The van der Waals surface area contributed by atoms with Crippen LogP contribution in [0.4, 0.5) is 0 Å². The van der Waals surface area contributed by atoms with Gasteiger partial charge in [-0.2, -0.15) is 12.6 Å². The molecule has 0 aliphatic carbocycles. The Morgan fingerprint density at radius 2 is 1.75 bits per heavy atom. The normalized spacial score (nSPS) is 44.2. The molecule has 0 aromatic heterocycles. The van der Waals surface area contributed by atoms with Crippen LogP contribution in [0.25, 0.3) is 0 Å². The highest BCUT2D eigenvalue weighted by Crippen LogP contribution is 2.37. The van der Waals surface area contributed by atoms with Gasteiger partial charge >= 0.3 is 0 Å². The molecule has 1 fully saturated rings. The van der Waals surface area contributed by atoms with E-state index in [1.807, 2.05) is 0 Å². The van der Waals surface area contributed by atoms with Gasteiger partial charge in [-0.3, -0.25) is 0 Å². The van der Waals surface area contributed by atoms with E-state index in [9.17, 15) is 0 Å². The summed E-state index contributed by atoms with van der Waals surface area (Å²) in [4.78, 5) is 0. The SMILES string of the molecule is SC1CC[SH](S)CC1. The molecule has 0 N–H and O–H groups in total. The quantitative estimate of drug-likeness (QED) is 0.357. The smallest absolute Gasteiger partial charge is 0.00317 e. The van der Waals surface area contributed by atoms with Gasteiger partial charge in [-0.05, 0) is 24.3 Å². The monoisotopic (exact) mass is 168 g/mol. The van der Waals surface area contributed by atoms with Gasteiger partial charge in [0.1, 0.15) is 0 Å². The Bertz CT molecular complexity index is 56.1. The van der Waals surface area contributed by atoms with Gasteiger partial charge in [0.25, 0.3) is 0 Å². The van der Waals surface area contributed by atoms with Crippen molar-refractivity contribution in [3.63, 3.8) is 0 Å². The van der Waals surface area contributed by atoms with Crippen LogP contribution in [-0.4, -0.2) is 16.8 Å². The van der Waals surface area contributed by atoms with Crippen LogP contribution in [0.1, 0.15) is 12.8 Å². The van der Waals surface area contributed by atoms with E-state index in [4.69, 9.17) is 0 Å². The Morgan fingerprint density at radius 1 is 1.25 bits per heavy atom. The molecule has 3 heteroatoms. The maximum Gasteiger partial charge on any atom is 0.00317 e. The molecule has 0 aromatic carbocycles. The molecule has 0 saturated carbocycles. The zero-order chi connectivity index (χ0) is 5.98. The van der Waals surface area contributed by atoms with E-state index in [0.717, 1.165) is 0 Å². The topological polar surface area (TPSA) is 0 Å². The molecule has 0 aromatic rings. The van der Waals surface area contributed by atoms with Gasteiger partial charge in [-0.1, -0.05) is 0 Å². The van der Waals surface area contributed by atoms with Crippen molar-refractivity contribution in [3.8, 4) is 0 Å². The Balaban J connectivity index is 2.19. The summed E-state index contributed by atoms with van der Waals surface area (Å²) < 4.78 is 0. The van der Waals surface area contributed by atoms with Gasteiger partial charge in [0.2, 0.25) is 0 Å². The first kappa shape index (κ1) is 7.16. The minimum Gasteiger partial charge on any atom is -0.208 e. The van der Waals surface area contributed by atoms with E-state index < -0.39 is 0 Å². The largest absolute Gasteiger partial charge is 0.208 e. The fraction of sp³-hybridized carbons (Fsp3) is 1.00. The molecule has 0 atom stereocenters. The third-order valence-electron chi connectivity index (χ3n) is 1.44. The lowest BCUT2D eigenvalue weighted by Crippen LogP contribution is -2.10. The Morgan fingerprint density at radius 3 is 2.12 bits per heavy atom. The van der Waals surface area contributed by atoms with Gasteiger partial charge in [-0.25, -0.2) is 9.93 Å². The van der Waals surface area contributed by atoms with Crippen molar-refractivity contribution in [2.45, 2.75) is 18.1 Å². The fourth-order valence-electron chi connectivity index (χ4n) is 0.852. The number of rotatable bonds is 0. The lowest BCUT2D eigenvalue weighted by atomic mass is 10.2. The number of hydrogen-bond acceptors (Lipinski definition) is 2. The van der Waals surface area contributed by atoms with Crippen molar-refractivity contribution >= 4 is 34.2 Å². The van der Waals surface area contributed by atoms with Crippen molar-refractivity contribution in [1.29, 1.82) is 0 Å². The lowest BCUT2D eigenvalue weighted by molar-refractivity contribution is 0.789. The predicted octanol–water partition coefficient (Wildman–Crippen LogP) is 1.92. The molecule has 0 bridgehead atoms. The minimum absolute atomic E-state index is 0.127. The molecule has 1 aliphatic rings. The van der Waals surface area contributed by atoms with Gasteiger partial charge in [-0.15, -0.1) is 11.7 Å². The van der Waals surface area contributed by atoms with Gasteiger partial charge in [0, 0.05) is 5.25 Å². The summed E-state index contributed by atoms with van der Waals surface area (Å²) in [6.45, 7) is 0. The van der Waals surface area contributed by atoms with Crippen LogP contribution in [0.15, 0.2) is 0 Å². The molecule has 0 radical (unpaired) electrons. The van der Waals surface area contributed by atoms with Crippen LogP contribution in [-0.2, 0) is 0 Å². The first-order valence-electron chi connectivity index (χ1n) is 2.91. The Kier molecular flexibility index (Phi) is 2.93. The maximum atomic E-state index is 4.43. The fourth-order valence-corrected chi connectivity index (χ4v) is 3.65. The van der Waals surface area contributed by atoms with Crippen molar-refractivity contribution in [1.82, 2.24) is 0 Å². The van der Waals surface area contributed by atoms with Crippen LogP contribution in [0.5, 0.6) is 0 Å². The van der Waals surface area contributed by atoms with Crippen LogP contribution in [0.3, 0.4) is 0 Å². The third-order valence-corrected chi connectivity index (χ3v) is 4.71. The zero-order valence-corrected chi connectivity index (χ0v) is 7.43. The first-order chi connectivity index (χ1) is 3.79. The summed E-state index contributed by atoms with van der Waals surface area (Å²) in [5, 5.41) is 0.681. The highest BCUT2D eigenvalue weighted by molar-refractivity contribution is 8.78. The van der Waals surface area contributed by atoms with Crippen LogP contribution in [0.2, 0.25) is 0 Å². The van der Waals surface area contributed by atoms with Gasteiger partial charge in [0.15, 0.2) is 0 Å². The first-order valence-corrected chi connectivity index (χ1v) is 6.29. The highest BCUT2D eigenvalue weighted by Gasteiger charge is 2.11. The van der Waals surface area contributed by atoms with E-state index in [1.165, 1.54) is 24.3 Å². The summed E-state index contributed by atoms with van der Waals surface area (Å²) in [7, 11) is 0.127. The molecule has 0 nitrogen and oxygen atoms in total. The van der Waals surface area contributed by atoms with Crippen molar-refractivity contribution in [2.24, 2.45) is 0 Å². The minimum atomic E-state index is 0.127. The summed E-state index contributed by atoms with van der Waals surface area (Å²) in [6, 6.07) is 0. The average molecular weight is 168 g/mol. The zero-order valence-electron chi connectivity index (χ0n) is 4.75. The highest BCUT2D eigenvalue weighted by atomic mass is 33.1. The number of thiol groups is 3. The molecule has 8 heavy (non-hydrogen) atoms. The average Bonchev–Trinajstić information content (AvgIpc) is 1.77. The number of hydrogen-bond donors (Lipinski definition) is 3. The van der Waals surface area contributed by atoms with E-state index in [0.29, 0.717) is 5.25 Å². The molecule has 1 saturated heterocycles. The molecule has 50 valence electrons. The van der Waals surface area contributed by atoms with Crippen molar-refractivity contribution in [3.05, 3.63) is 0 Å². The van der Waals surface area contributed by atoms with Crippen molar-refractivity contribution in [2.75, 3.05) is 11.5 Å². The predicted molar refractivity (Wildman–Crippen MR) is 49.7 cm³/mol. The third kappa shape index (κ3) is 2.11. The van der Waals surface area contributed by atoms with Crippen LogP contribution < -0.4 is 0 Å². The summed E-state index contributed by atoms with van der Waals surface area (Å²) in [5.41, 5.74) is 0. The summed E-state index contributed by atoms with van der Waals surface area (Å²) >= 11 is 8.81. The van der Waals surface area contributed by atoms with Crippen LogP contribution in [0, 0.1) is 0 Å². The maximum absolute atomic E-state index is 4.43. The van der Waals surface area contributed by atoms with Crippen LogP contribution >= 0.6 is 34.2 Å². The molecular formula is C5H12S3. The molecule has 0 amide bonds. The molecule has 1 heterocycles. The van der Waals surface area contributed by atoms with E-state index in [2.05, 4.69) is 24.3 Å². The Hall–Kier alpha value is 1.05. The van der Waals surface area contributed by atoms with E-state index in [-0.39, 0.29) is 9.93 Å². The van der Waals surface area contributed by atoms with E-state index >= 15 is 0 Å². The molecule has 0 spiro atoms. The summed E-state index contributed by atoms with van der Waals surface area (Å²) in [5.74, 6) is 2.65. The molecular weight excluding hydrogens is 156 g/mol.